The molecule has 11 nitrogen and oxygen atoms in total. The Labute approximate surface area is 287 Å². The molecule has 0 bridgehead atoms. The number of hydrogen-bond donors (Lipinski definition) is 3. The molecule has 0 aromatic heterocycles. The molecule has 1 atom stereocenters. The number of rotatable bonds is 20. The van der Waals surface area contributed by atoms with Gasteiger partial charge in [-0.3, -0.25) is 14.4 Å². The van der Waals surface area contributed by atoms with Gasteiger partial charge in [-0.15, -0.1) is 0 Å². The van der Waals surface area contributed by atoms with Gasteiger partial charge in [0.1, 0.15) is 25.0 Å². The SMILES string of the molecule is CCCCCNC(=O)[C@H](Cc1ccc(OC(C(=O)OCc2ccccc2)C(=O)OCc2ccccc2)cc1)NC(=O)CC(C)(C)CC(=O)O. The number of aliphatic carboxylic acids is 1. The molecule has 0 spiro atoms. The molecule has 11 heteroatoms. The average Bonchev–Trinajstić information content (AvgIpc) is 3.07. The minimum atomic E-state index is -1.70. The summed E-state index contributed by atoms with van der Waals surface area (Å²) in [6, 6.07) is 23.5. The highest BCUT2D eigenvalue weighted by atomic mass is 16.6. The molecule has 3 aromatic carbocycles. The van der Waals surface area contributed by atoms with Gasteiger partial charge in [-0.05, 0) is 40.7 Å². The normalized spacial score (nSPS) is 11.7. The predicted octanol–water partition coefficient (Wildman–Crippen LogP) is 5.15. The van der Waals surface area contributed by atoms with Crippen molar-refractivity contribution >= 4 is 29.7 Å². The van der Waals surface area contributed by atoms with Gasteiger partial charge < -0.3 is 30.0 Å². The Bertz CT molecular complexity index is 1450. The number of esters is 2. The van der Waals surface area contributed by atoms with E-state index in [0.717, 1.165) is 30.4 Å². The van der Waals surface area contributed by atoms with Crippen LogP contribution in [0.4, 0.5) is 0 Å². The second-order valence-corrected chi connectivity index (χ2v) is 12.6. The third-order valence-electron chi connectivity index (χ3n) is 7.49. The molecular formula is C38H46N2O9. The lowest BCUT2D eigenvalue weighted by molar-refractivity contribution is -0.168. The zero-order valence-corrected chi connectivity index (χ0v) is 28.3. The molecule has 3 rings (SSSR count). The Morgan fingerprint density at radius 3 is 1.80 bits per heavy atom. The highest BCUT2D eigenvalue weighted by Crippen LogP contribution is 2.25. The van der Waals surface area contributed by atoms with Gasteiger partial charge in [0.15, 0.2) is 0 Å². The summed E-state index contributed by atoms with van der Waals surface area (Å²) in [6.07, 6.45) is 0.885. The van der Waals surface area contributed by atoms with E-state index in [9.17, 15) is 29.1 Å². The van der Waals surface area contributed by atoms with Gasteiger partial charge >= 0.3 is 17.9 Å². The van der Waals surface area contributed by atoms with Crippen molar-refractivity contribution in [2.75, 3.05) is 6.54 Å². The van der Waals surface area contributed by atoms with Crippen LogP contribution in [-0.4, -0.2) is 53.5 Å². The van der Waals surface area contributed by atoms with Crippen LogP contribution in [0.2, 0.25) is 0 Å². The predicted molar refractivity (Wildman–Crippen MR) is 182 cm³/mol. The summed E-state index contributed by atoms with van der Waals surface area (Å²) in [5.41, 5.74) is 1.33. The molecule has 49 heavy (non-hydrogen) atoms. The Balaban J connectivity index is 1.72. The molecule has 0 saturated carbocycles. The standard InChI is InChI=1S/C38H46N2O9/c1-4-5-12-21-39-35(44)31(40-32(41)23-38(2,3)24-33(42)43)22-27-17-19-30(20-18-27)49-34(36(45)47-25-28-13-8-6-9-14-28)37(46)48-26-29-15-10-7-11-16-29/h6-11,13-20,31,34H,4-5,12,21-26H2,1-3H3,(H,39,44)(H,40,41)(H,42,43)/t31-/m0/s1. The van der Waals surface area contributed by atoms with E-state index in [1.54, 1.807) is 86.6 Å². The minimum absolute atomic E-state index is 0.0639. The van der Waals surface area contributed by atoms with Gasteiger partial charge in [0.25, 0.3) is 6.10 Å². The lowest BCUT2D eigenvalue weighted by Gasteiger charge is -2.24. The first-order valence-electron chi connectivity index (χ1n) is 16.4. The summed E-state index contributed by atoms with van der Waals surface area (Å²) in [5, 5.41) is 14.8. The molecular weight excluding hydrogens is 628 g/mol. The molecule has 0 aliphatic heterocycles. The van der Waals surface area contributed by atoms with Crippen LogP contribution < -0.4 is 15.4 Å². The van der Waals surface area contributed by atoms with Crippen LogP contribution in [0.25, 0.3) is 0 Å². The van der Waals surface area contributed by atoms with Crippen LogP contribution >= 0.6 is 0 Å². The Morgan fingerprint density at radius 1 is 0.735 bits per heavy atom. The largest absolute Gasteiger partial charge is 0.481 e. The van der Waals surface area contributed by atoms with Crippen molar-refractivity contribution in [1.82, 2.24) is 10.6 Å². The number of carboxylic acids is 1. The Kier molecular flexibility index (Phi) is 15.3. The van der Waals surface area contributed by atoms with Gasteiger partial charge in [-0.25, -0.2) is 9.59 Å². The number of hydrogen-bond acceptors (Lipinski definition) is 8. The fourth-order valence-electron chi connectivity index (χ4n) is 4.95. The van der Waals surface area contributed by atoms with E-state index in [0.29, 0.717) is 12.1 Å². The molecule has 0 aliphatic rings. The lowest BCUT2D eigenvalue weighted by atomic mass is 9.85. The van der Waals surface area contributed by atoms with Gasteiger partial charge in [0.05, 0.1) is 6.42 Å². The van der Waals surface area contributed by atoms with E-state index in [4.69, 9.17) is 14.2 Å². The van der Waals surface area contributed by atoms with Gasteiger partial charge in [0, 0.05) is 19.4 Å². The first-order chi connectivity index (χ1) is 23.5. The highest BCUT2D eigenvalue weighted by molar-refractivity contribution is 5.98. The van der Waals surface area contributed by atoms with Crippen molar-refractivity contribution in [1.29, 1.82) is 0 Å². The van der Waals surface area contributed by atoms with Gasteiger partial charge in [-0.1, -0.05) is 106 Å². The fourth-order valence-corrected chi connectivity index (χ4v) is 4.95. The summed E-state index contributed by atoms with van der Waals surface area (Å²) in [4.78, 5) is 63.5. The molecule has 0 heterocycles. The Hall–Kier alpha value is -5.19. The number of nitrogens with one attached hydrogen (secondary N) is 2. The monoisotopic (exact) mass is 674 g/mol. The number of benzene rings is 3. The van der Waals surface area contributed by atoms with Crippen molar-refractivity contribution < 1.29 is 43.3 Å². The maximum absolute atomic E-state index is 13.1. The maximum atomic E-state index is 13.1. The third kappa shape index (κ3) is 14.2. The van der Waals surface area contributed by atoms with E-state index in [1.165, 1.54) is 0 Å². The summed E-state index contributed by atoms with van der Waals surface area (Å²) in [5.74, 6) is -3.46. The summed E-state index contributed by atoms with van der Waals surface area (Å²) in [6.45, 7) is 5.75. The number of carboxylic acid groups (broad SMARTS) is 1. The van der Waals surface area contributed by atoms with Crippen LogP contribution in [0.3, 0.4) is 0 Å². The van der Waals surface area contributed by atoms with Crippen molar-refractivity contribution in [3.05, 3.63) is 102 Å². The number of carbonyl (C=O) groups is 5. The summed E-state index contributed by atoms with van der Waals surface area (Å²) in [7, 11) is 0. The van der Waals surface area contributed by atoms with Crippen molar-refractivity contribution in [2.45, 2.75) is 84.7 Å². The third-order valence-corrected chi connectivity index (χ3v) is 7.49. The molecule has 3 N–H and O–H groups in total. The van der Waals surface area contributed by atoms with E-state index in [1.807, 2.05) is 12.1 Å². The minimum Gasteiger partial charge on any atom is -0.481 e. The highest BCUT2D eigenvalue weighted by Gasteiger charge is 2.33. The van der Waals surface area contributed by atoms with E-state index < -0.39 is 41.4 Å². The van der Waals surface area contributed by atoms with E-state index in [-0.39, 0.29) is 44.1 Å². The zero-order chi connectivity index (χ0) is 35.6. The lowest BCUT2D eigenvalue weighted by Crippen LogP contribution is -2.49. The first kappa shape index (κ1) is 38.3. The van der Waals surface area contributed by atoms with Crippen molar-refractivity contribution in [3.63, 3.8) is 0 Å². The van der Waals surface area contributed by atoms with Crippen molar-refractivity contribution in [2.24, 2.45) is 5.41 Å². The molecule has 3 aromatic rings. The molecule has 2 amide bonds. The quantitative estimate of drug-likeness (QED) is 0.0838. The molecule has 0 unspecified atom stereocenters. The zero-order valence-electron chi connectivity index (χ0n) is 28.3. The first-order valence-corrected chi connectivity index (χ1v) is 16.4. The number of unbranched alkanes of at least 4 members (excludes halogenated alkanes) is 2. The van der Waals surface area contributed by atoms with Gasteiger partial charge in [0.2, 0.25) is 11.8 Å². The molecule has 0 radical (unpaired) electrons. The van der Waals surface area contributed by atoms with Crippen LogP contribution in [0, 0.1) is 5.41 Å². The number of carbonyl (C=O) groups excluding carboxylic acids is 4. The van der Waals surface area contributed by atoms with E-state index >= 15 is 0 Å². The average molecular weight is 675 g/mol. The van der Waals surface area contributed by atoms with Gasteiger partial charge in [-0.2, -0.15) is 0 Å². The maximum Gasteiger partial charge on any atom is 0.359 e. The van der Waals surface area contributed by atoms with E-state index in [2.05, 4.69) is 17.6 Å². The topological polar surface area (TPSA) is 157 Å². The van der Waals surface area contributed by atoms with Crippen molar-refractivity contribution in [3.8, 4) is 5.75 Å². The second kappa shape index (κ2) is 19.6. The summed E-state index contributed by atoms with van der Waals surface area (Å²) >= 11 is 0. The molecule has 0 saturated heterocycles. The van der Waals surface area contributed by atoms with Crippen LogP contribution in [-0.2, 0) is 53.1 Å². The summed E-state index contributed by atoms with van der Waals surface area (Å²) < 4.78 is 16.6. The Morgan fingerprint density at radius 2 is 1.29 bits per heavy atom. The smallest absolute Gasteiger partial charge is 0.359 e. The van der Waals surface area contributed by atoms with Crippen LogP contribution in [0.15, 0.2) is 84.9 Å². The van der Waals surface area contributed by atoms with Crippen LogP contribution in [0.5, 0.6) is 5.75 Å². The number of amides is 2. The molecule has 262 valence electrons. The number of ether oxygens (including phenoxy) is 3. The van der Waals surface area contributed by atoms with Crippen LogP contribution in [0.1, 0.15) is 69.6 Å². The fraction of sp³-hybridized carbons (Fsp3) is 0.395. The molecule has 0 aliphatic carbocycles. The second-order valence-electron chi connectivity index (χ2n) is 12.6. The molecule has 0 fully saturated rings.